The van der Waals surface area contributed by atoms with Gasteiger partial charge in [-0.2, -0.15) is 0 Å². The van der Waals surface area contributed by atoms with Gasteiger partial charge in [-0.1, -0.05) is 29.5 Å². The Bertz CT molecular complexity index is 1400. The SMILES string of the molecule is CCOc1ccccc1C1C(C(=O)c2ccc(OC)c(C)c2)C(=O)C(=O)N1c1nc(C)c(C(=O)OC)s1. The molecule has 1 aliphatic heterocycles. The molecule has 2 heterocycles. The molecule has 3 aromatic rings. The molecule has 4 rings (SSSR count). The van der Waals surface area contributed by atoms with Gasteiger partial charge in [-0.3, -0.25) is 19.3 Å². The zero-order valence-electron chi connectivity index (χ0n) is 21.1. The van der Waals surface area contributed by atoms with Gasteiger partial charge in [0.25, 0.3) is 5.91 Å². The molecule has 0 bridgehead atoms. The quantitative estimate of drug-likeness (QED) is 0.188. The van der Waals surface area contributed by atoms with Gasteiger partial charge in [0.15, 0.2) is 10.9 Å². The van der Waals surface area contributed by atoms with Crippen molar-refractivity contribution in [2.75, 3.05) is 25.7 Å². The number of benzene rings is 2. The molecule has 2 aromatic carbocycles. The lowest BCUT2D eigenvalue weighted by atomic mass is 9.85. The van der Waals surface area contributed by atoms with E-state index in [-0.39, 0.29) is 15.6 Å². The Morgan fingerprint density at radius 3 is 2.43 bits per heavy atom. The summed E-state index contributed by atoms with van der Waals surface area (Å²) in [5.74, 6) is -3.18. The van der Waals surface area contributed by atoms with Crippen LogP contribution in [-0.4, -0.2) is 49.3 Å². The zero-order valence-corrected chi connectivity index (χ0v) is 21.9. The lowest BCUT2D eigenvalue weighted by Gasteiger charge is -2.26. The average molecular weight is 523 g/mol. The Labute approximate surface area is 218 Å². The van der Waals surface area contributed by atoms with E-state index in [4.69, 9.17) is 14.2 Å². The van der Waals surface area contributed by atoms with E-state index in [2.05, 4.69) is 4.98 Å². The summed E-state index contributed by atoms with van der Waals surface area (Å²) in [7, 11) is 2.78. The van der Waals surface area contributed by atoms with Crippen LogP contribution in [0.25, 0.3) is 0 Å². The first-order chi connectivity index (χ1) is 17.7. The maximum atomic E-state index is 13.8. The molecule has 0 saturated carbocycles. The smallest absolute Gasteiger partial charge is 0.350 e. The summed E-state index contributed by atoms with van der Waals surface area (Å²) >= 11 is 0.928. The number of hydrogen-bond acceptors (Lipinski definition) is 9. The molecule has 0 spiro atoms. The van der Waals surface area contributed by atoms with Crippen molar-refractivity contribution in [3.05, 3.63) is 69.7 Å². The number of thiazole rings is 1. The number of esters is 1. The number of nitrogens with zero attached hydrogens (tertiary/aromatic N) is 2. The van der Waals surface area contributed by atoms with Crippen LogP contribution < -0.4 is 14.4 Å². The number of ether oxygens (including phenoxy) is 3. The van der Waals surface area contributed by atoms with Crippen molar-refractivity contribution in [2.24, 2.45) is 5.92 Å². The predicted octanol–water partition coefficient (Wildman–Crippen LogP) is 4.11. The molecule has 0 radical (unpaired) electrons. The number of para-hydroxylation sites is 1. The van der Waals surface area contributed by atoms with Crippen LogP contribution in [0.3, 0.4) is 0 Å². The van der Waals surface area contributed by atoms with Gasteiger partial charge in [0, 0.05) is 11.1 Å². The number of Topliss-reactive ketones (excluding diaryl/α,β-unsaturated/α-hetero) is 2. The van der Waals surface area contributed by atoms with E-state index in [9.17, 15) is 19.2 Å². The number of aromatic nitrogens is 1. The molecule has 1 fully saturated rings. The maximum Gasteiger partial charge on any atom is 0.350 e. The van der Waals surface area contributed by atoms with Gasteiger partial charge < -0.3 is 14.2 Å². The fraction of sp³-hybridized carbons (Fsp3) is 0.296. The van der Waals surface area contributed by atoms with Gasteiger partial charge in [0.1, 0.15) is 22.3 Å². The average Bonchev–Trinajstić information content (AvgIpc) is 3.40. The lowest BCUT2D eigenvalue weighted by Crippen LogP contribution is -2.31. The number of rotatable bonds is 8. The number of aryl methyl sites for hydroxylation is 2. The molecule has 2 atom stereocenters. The van der Waals surface area contributed by atoms with Crippen LogP contribution in [0.15, 0.2) is 42.5 Å². The van der Waals surface area contributed by atoms with E-state index in [0.29, 0.717) is 34.9 Å². The number of methoxy groups -OCH3 is 2. The Balaban J connectivity index is 1.89. The van der Waals surface area contributed by atoms with Crippen molar-refractivity contribution >= 4 is 39.9 Å². The van der Waals surface area contributed by atoms with E-state index in [1.54, 1.807) is 56.3 Å². The Morgan fingerprint density at radius 2 is 1.78 bits per heavy atom. The van der Waals surface area contributed by atoms with Gasteiger partial charge in [0.2, 0.25) is 5.78 Å². The van der Waals surface area contributed by atoms with Crippen LogP contribution in [0.1, 0.15) is 49.8 Å². The predicted molar refractivity (Wildman–Crippen MR) is 137 cm³/mol. The third-order valence-corrected chi connectivity index (χ3v) is 7.30. The van der Waals surface area contributed by atoms with Crippen LogP contribution in [0, 0.1) is 19.8 Å². The van der Waals surface area contributed by atoms with E-state index in [1.165, 1.54) is 19.1 Å². The molecule has 10 heteroatoms. The Morgan fingerprint density at radius 1 is 1.05 bits per heavy atom. The highest BCUT2D eigenvalue weighted by Crippen LogP contribution is 2.45. The van der Waals surface area contributed by atoms with Gasteiger partial charge in [-0.25, -0.2) is 9.78 Å². The number of hydrogen-bond donors (Lipinski definition) is 0. The van der Waals surface area contributed by atoms with Crippen LogP contribution >= 0.6 is 11.3 Å². The first-order valence-electron chi connectivity index (χ1n) is 11.6. The third-order valence-electron chi connectivity index (χ3n) is 6.17. The fourth-order valence-corrected chi connectivity index (χ4v) is 5.47. The minimum absolute atomic E-state index is 0.119. The summed E-state index contributed by atoms with van der Waals surface area (Å²) < 4.78 is 15.9. The van der Waals surface area contributed by atoms with Crippen molar-refractivity contribution in [3.63, 3.8) is 0 Å². The largest absolute Gasteiger partial charge is 0.496 e. The number of carbonyl (C=O) groups is 4. The summed E-state index contributed by atoms with van der Waals surface area (Å²) in [4.78, 5) is 58.8. The topological polar surface area (TPSA) is 112 Å². The Hall–Kier alpha value is -4.05. The first-order valence-corrected chi connectivity index (χ1v) is 12.4. The molecule has 2 unspecified atom stereocenters. The monoisotopic (exact) mass is 522 g/mol. The van der Waals surface area contributed by atoms with Crippen LogP contribution in [0.5, 0.6) is 11.5 Å². The van der Waals surface area contributed by atoms with E-state index >= 15 is 0 Å². The summed E-state index contributed by atoms with van der Waals surface area (Å²) in [5, 5.41) is 0.119. The minimum Gasteiger partial charge on any atom is -0.496 e. The summed E-state index contributed by atoms with van der Waals surface area (Å²) in [5.41, 5.74) is 1.83. The highest BCUT2D eigenvalue weighted by atomic mass is 32.1. The highest BCUT2D eigenvalue weighted by Gasteiger charge is 2.54. The molecule has 1 saturated heterocycles. The Kier molecular flexibility index (Phi) is 7.40. The normalized spacial score (nSPS) is 17.2. The minimum atomic E-state index is -1.35. The van der Waals surface area contributed by atoms with Gasteiger partial charge in [-0.15, -0.1) is 0 Å². The van der Waals surface area contributed by atoms with E-state index in [1.807, 2.05) is 6.92 Å². The molecule has 0 N–H and O–H groups in total. The van der Waals surface area contributed by atoms with E-state index < -0.39 is 35.4 Å². The molecule has 1 amide bonds. The van der Waals surface area contributed by atoms with Gasteiger partial charge in [-0.05, 0) is 50.6 Å². The molecule has 1 aliphatic rings. The molecule has 9 nitrogen and oxygen atoms in total. The van der Waals surface area contributed by atoms with Crippen LogP contribution in [-0.2, 0) is 14.3 Å². The third kappa shape index (κ3) is 4.60. The summed E-state index contributed by atoms with van der Waals surface area (Å²) in [6.07, 6.45) is 0. The second kappa shape index (κ2) is 10.5. The summed E-state index contributed by atoms with van der Waals surface area (Å²) in [6.45, 7) is 5.55. The van der Waals surface area contributed by atoms with E-state index in [0.717, 1.165) is 11.3 Å². The van der Waals surface area contributed by atoms with Crippen molar-refractivity contribution in [2.45, 2.75) is 26.8 Å². The number of amides is 1. The molecule has 0 aliphatic carbocycles. The van der Waals surface area contributed by atoms with Gasteiger partial charge >= 0.3 is 5.97 Å². The molecule has 192 valence electrons. The van der Waals surface area contributed by atoms with Crippen molar-refractivity contribution in [3.8, 4) is 11.5 Å². The maximum absolute atomic E-state index is 13.8. The van der Waals surface area contributed by atoms with Crippen molar-refractivity contribution in [1.82, 2.24) is 4.98 Å². The zero-order chi connectivity index (χ0) is 26.9. The van der Waals surface area contributed by atoms with Gasteiger partial charge in [0.05, 0.1) is 32.6 Å². The second-order valence-electron chi connectivity index (χ2n) is 8.38. The standard InChI is InChI=1S/C27H26N2O7S/c1-6-36-19-10-8-7-9-17(19)21-20(22(30)16-11-12-18(34-4)14(2)13-16)23(31)25(32)29(21)27-28-15(3)24(37-27)26(33)35-5/h7-13,20-21H,6H2,1-5H3. The molecule has 1 aromatic heterocycles. The summed E-state index contributed by atoms with van der Waals surface area (Å²) in [6, 6.07) is 10.8. The lowest BCUT2D eigenvalue weighted by molar-refractivity contribution is -0.135. The van der Waals surface area contributed by atoms with Crippen molar-refractivity contribution in [1.29, 1.82) is 0 Å². The first kappa shape index (κ1) is 26.0. The molecule has 37 heavy (non-hydrogen) atoms. The second-order valence-corrected chi connectivity index (χ2v) is 9.36. The van der Waals surface area contributed by atoms with Crippen LogP contribution in [0.4, 0.5) is 5.13 Å². The van der Waals surface area contributed by atoms with Crippen LogP contribution in [0.2, 0.25) is 0 Å². The van der Waals surface area contributed by atoms with Crippen molar-refractivity contribution < 1.29 is 33.4 Å². The number of carbonyl (C=O) groups excluding carboxylic acids is 4. The number of anilines is 1. The number of ketones is 2. The fourth-order valence-electron chi connectivity index (χ4n) is 4.45. The molecular formula is C27H26N2O7S. The highest BCUT2D eigenvalue weighted by molar-refractivity contribution is 7.17. The molecular weight excluding hydrogens is 496 g/mol.